The number of carbonyl (C=O) groups excluding carboxylic acids is 1. The fourth-order valence-electron chi connectivity index (χ4n) is 1.92. The first kappa shape index (κ1) is 13.0. The topological polar surface area (TPSA) is 57.7 Å². The lowest BCUT2D eigenvalue weighted by Crippen LogP contribution is -2.55. The molecular weight excluding hydrogens is 252 g/mol. The van der Waals surface area contributed by atoms with E-state index in [0.717, 1.165) is 11.9 Å². The minimum atomic E-state index is -3.16. The lowest BCUT2D eigenvalue weighted by Gasteiger charge is -2.37. The first-order chi connectivity index (χ1) is 8.39. The summed E-state index contributed by atoms with van der Waals surface area (Å²) in [6.45, 7) is 0.573. The minimum Gasteiger partial charge on any atom is -0.315 e. The maximum Gasteiger partial charge on any atom is 0.232 e. The number of nitrogens with zero attached hydrogens (tertiary/aromatic N) is 2. The highest BCUT2D eigenvalue weighted by molar-refractivity contribution is 7.88. The van der Waals surface area contributed by atoms with Gasteiger partial charge in [0, 0.05) is 25.8 Å². The number of sulfonamides is 1. The molecule has 1 aromatic rings. The summed E-state index contributed by atoms with van der Waals surface area (Å²) in [4.78, 5) is 13.7. The van der Waals surface area contributed by atoms with E-state index in [2.05, 4.69) is 0 Å². The van der Waals surface area contributed by atoms with Gasteiger partial charge in [-0.2, -0.15) is 0 Å². The van der Waals surface area contributed by atoms with E-state index >= 15 is 0 Å². The molecule has 1 aliphatic heterocycles. The van der Waals surface area contributed by atoms with Gasteiger partial charge in [0.05, 0.1) is 12.2 Å². The van der Waals surface area contributed by atoms with Gasteiger partial charge in [-0.15, -0.1) is 0 Å². The Morgan fingerprint density at radius 3 is 2.33 bits per heavy atom. The molecule has 0 aromatic heterocycles. The summed E-state index contributed by atoms with van der Waals surface area (Å²) in [6, 6.07) is 9.32. The first-order valence-corrected chi connectivity index (χ1v) is 7.52. The molecule has 0 N–H and O–H groups in total. The molecule has 1 aromatic carbocycles. The Kier molecular flexibility index (Phi) is 3.41. The molecule has 1 saturated heterocycles. The van der Waals surface area contributed by atoms with Crippen molar-refractivity contribution in [1.82, 2.24) is 4.31 Å². The average Bonchev–Trinajstić information content (AvgIpc) is 2.25. The summed E-state index contributed by atoms with van der Waals surface area (Å²) in [5.41, 5.74) is 0.820. The van der Waals surface area contributed by atoms with Gasteiger partial charge in [-0.05, 0) is 12.1 Å². The zero-order valence-electron chi connectivity index (χ0n) is 10.4. The van der Waals surface area contributed by atoms with Crippen molar-refractivity contribution in [3.05, 3.63) is 30.3 Å². The largest absolute Gasteiger partial charge is 0.315 e. The van der Waals surface area contributed by atoms with E-state index < -0.39 is 10.0 Å². The highest BCUT2D eigenvalue weighted by Crippen LogP contribution is 2.23. The van der Waals surface area contributed by atoms with Crippen LogP contribution in [0, 0.1) is 5.92 Å². The van der Waals surface area contributed by atoms with Crippen LogP contribution >= 0.6 is 0 Å². The molecule has 98 valence electrons. The zero-order chi connectivity index (χ0) is 13.3. The summed E-state index contributed by atoms with van der Waals surface area (Å²) in [5.74, 6) is -0.272. The fraction of sp³-hybridized carbons (Fsp3) is 0.417. The maximum absolute atomic E-state index is 12.1. The second kappa shape index (κ2) is 4.70. The Morgan fingerprint density at radius 1 is 1.28 bits per heavy atom. The van der Waals surface area contributed by atoms with Gasteiger partial charge in [-0.3, -0.25) is 4.79 Å². The number of rotatable bonds is 3. The van der Waals surface area contributed by atoms with E-state index in [0.29, 0.717) is 0 Å². The Labute approximate surface area is 107 Å². The van der Waals surface area contributed by atoms with Crippen molar-refractivity contribution in [3.8, 4) is 0 Å². The number of anilines is 1. The Hall–Kier alpha value is -1.40. The van der Waals surface area contributed by atoms with Crippen LogP contribution in [0.3, 0.4) is 0 Å². The molecule has 1 aliphatic rings. The quantitative estimate of drug-likeness (QED) is 0.804. The lowest BCUT2D eigenvalue weighted by atomic mass is 10.0. The van der Waals surface area contributed by atoms with E-state index in [9.17, 15) is 13.2 Å². The number of carbonyl (C=O) groups is 1. The van der Waals surface area contributed by atoms with Crippen molar-refractivity contribution in [1.29, 1.82) is 0 Å². The molecule has 1 heterocycles. The van der Waals surface area contributed by atoms with Crippen LogP contribution in [0.15, 0.2) is 30.3 Å². The van der Waals surface area contributed by atoms with Gasteiger partial charge in [0.2, 0.25) is 15.9 Å². The Bertz CT molecular complexity index is 536. The first-order valence-electron chi connectivity index (χ1n) is 5.67. The van der Waals surface area contributed by atoms with E-state index in [1.165, 1.54) is 4.31 Å². The summed E-state index contributed by atoms with van der Waals surface area (Å²) in [7, 11) is -1.45. The van der Waals surface area contributed by atoms with Gasteiger partial charge >= 0.3 is 0 Å². The lowest BCUT2D eigenvalue weighted by molar-refractivity contribution is -0.125. The smallest absolute Gasteiger partial charge is 0.232 e. The van der Waals surface area contributed by atoms with Gasteiger partial charge in [-0.25, -0.2) is 12.7 Å². The average molecular weight is 268 g/mol. The summed E-state index contributed by atoms with van der Waals surface area (Å²) >= 11 is 0. The third-order valence-corrected chi connectivity index (χ3v) is 4.38. The van der Waals surface area contributed by atoms with Gasteiger partial charge in [0.1, 0.15) is 0 Å². The van der Waals surface area contributed by atoms with E-state index in [4.69, 9.17) is 0 Å². The number of hydrogen-bond acceptors (Lipinski definition) is 3. The monoisotopic (exact) mass is 268 g/mol. The van der Waals surface area contributed by atoms with Crippen LogP contribution in [0.25, 0.3) is 0 Å². The number of amides is 1. The minimum absolute atomic E-state index is 0.0406. The van der Waals surface area contributed by atoms with Crippen LogP contribution in [0.5, 0.6) is 0 Å². The third-order valence-electron chi connectivity index (χ3n) is 3.14. The molecule has 2 rings (SSSR count). The molecule has 0 atom stereocenters. The van der Waals surface area contributed by atoms with E-state index in [-0.39, 0.29) is 24.9 Å². The Morgan fingerprint density at radius 2 is 1.83 bits per heavy atom. The molecule has 0 saturated carbocycles. The molecule has 0 bridgehead atoms. The van der Waals surface area contributed by atoms with Crippen molar-refractivity contribution in [2.75, 3.05) is 31.3 Å². The second-order valence-electron chi connectivity index (χ2n) is 4.51. The third kappa shape index (κ3) is 2.54. The van der Waals surface area contributed by atoms with Crippen molar-refractivity contribution < 1.29 is 13.2 Å². The van der Waals surface area contributed by atoms with Crippen molar-refractivity contribution in [2.24, 2.45) is 5.92 Å². The molecule has 18 heavy (non-hydrogen) atoms. The second-order valence-corrected chi connectivity index (χ2v) is 6.49. The normalized spacial score (nSPS) is 17.2. The van der Waals surface area contributed by atoms with Crippen LogP contribution in [0.1, 0.15) is 0 Å². The number of para-hydroxylation sites is 1. The number of hydrogen-bond donors (Lipinski definition) is 0. The molecule has 5 nitrogen and oxygen atoms in total. The van der Waals surface area contributed by atoms with Crippen molar-refractivity contribution in [3.63, 3.8) is 0 Å². The van der Waals surface area contributed by atoms with Crippen LogP contribution in [0.4, 0.5) is 5.69 Å². The molecule has 0 unspecified atom stereocenters. The summed E-state index contributed by atoms with van der Waals surface area (Å²) < 4.78 is 23.8. The molecule has 1 amide bonds. The van der Waals surface area contributed by atoms with E-state index in [1.54, 1.807) is 11.9 Å². The maximum atomic E-state index is 12.1. The van der Waals surface area contributed by atoms with Gasteiger partial charge < -0.3 is 4.90 Å². The van der Waals surface area contributed by atoms with Crippen LogP contribution < -0.4 is 4.90 Å². The highest BCUT2D eigenvalue weighted by Gasteiger charge is 2.39. The summed E-state index contributed by atoms with van der Waals surface area (Å²) in [6.07, 6.45) is 1.16. The standard InChI is InChI=1S/C12H16N2O3S/c1-13(11-6-4-3-5-7-11)12(15)10-8-14(9-10)18(2,16)17/h3-7,10H,8-9H2,1-2H3. The molecule has 0 spiro atoms. The SMILES string of the molecule is CN(C(=O)C1CN(S(C)(=O)=O)C1)c1ccccc1. The predicted molar refractivity (Wildman–Crippen MR) is 69.8 cm³/mol. The molecule has 6 heteroatoms. The molecular formula is C12H16N2O3S. The molecule has 0 radical (unpaired) electrons. The highest BCUT2D eigenvalue weighted by atomic mass is 32.2. The van der Waals surface area contributed by atoms with Gasteiger partial charge in [0.25, 0.3) is 0 Å². The van der Waals surface area contributed by atoms with Crippen LogP contribution in [0.2, 0.25) is 0 Å². The van der Waals surface area contributed by atoms with Gasteiger partial charge in [-0.1, -0.05) is 18.2 Å². The summed E-state index contributed by atoms with van der Waals surface area (Å²) in [5, 5.41) is 0. The van der Waals surface area contributed by atoms with Crippen LogP contribution in [-0.2, 0) is 14.8 Å². The Balaban J connectivity index is 1.99. The van der Waals surface area contributed by atoms with Gasteiger partial charge in [0.15, 0.2) is 0 Å². The van der Waals surface area contributed by atoms with Crippen molar-refractivity contribution >= 4 is 21.6 Å². The fourth-order valence-corrected chi connectivity index (χ4v) is 2.82. The molecule has 0 aliphatic carbocycles. The number of benzene rings is 1. The zero-order valence-corrected chi connectivity index (χ0v) is 11.2. The van der Waals surface area contributed by atoms with E-state index in [1.807, 2.05) is 30.3 Å². The predicted octanol–water partition coefficient (Wildman–Crippen LogP) is 0.541. The van der Waals surface area contributed by atoms with Crippen LogP contribution in [-0.4, -0.2) is 45.0 Å². The van der Waals surface area contributed by atoms with Crippen molar-refractivity contribution in [2.45, 2.75) is 0 Å². The molecule has 1 fully saturated rings.